The minimum atomic E-state index is -3.38. The van der Waals surface area contributed by atoms with E-state index in [0.29, 0.717) is 17.2 Å². The lowest BCUT2D eigenvalue weighted by molar-refractivity contribution is 0.174. The van der Waals surface area contributed by atoms with E-state index < -0.39 is 10.0 Å². The Kier molecular flexibility index (Phi) is 3.92. The normalized spacial score (nSPS) is 13.2. The third-order valence-electron chi connectivity index (χ3n) is 3.02. The van der Waals surface area contributed by atoms with Crippen LogP contribution >= 0.6 is 11.8 Å². The highest BCUT2D eigenvalue weighted by Crippen LogP contribution is 2.43. The fourth-order valence-corrected chi connectivity index (χ4v) is 3.57. The molecule has 0 unspecified atom stereocenters. The molecule has 3 rings (SSSR count). The maximum atomic E-state index is 11.6. The van der Waals surface area contributed by atoms with Crippen molar-refractivity contribution in [1.82, 2.24) is 0 Å². The van der Waals surface area contributed by atoms with Crippen LogP contribution in [0.1, 0.15) is 5.56 Å². The number of fused-ring (bicyclic) bond motifs is 1. The first-order valence-corrected chi connectivity index (χ1v) is 9.27. The second kappa shape index (κ2) is 5.73. The van der Waals surface area contributed by atoms with Gasteiger partial charge in [-0.15, -0.1) is 0 Å². The van der Waals surface area contributed by atoms with Crippen molar-refractivity contribution in [3.05, 3.63) is 42.0 Å². The Bertz CT molecular complexity index is 801. The molecule has 1 aliphatic rings. The zero-order valence-corrected chi connectivity index (χ0v) is 13.8. The Morgan fingerprint density at radius 3 is 2.36 bits per heavy atom. The first-order valence-electron chi connectivity index (χ1n) is 6.57. The van der Waals surface area contributed by atoms with Gasteiger partial charge in [0.25, 0.3) is 0 Å². The van der Waals surface area contributed by atoms with Crippen molar-refractivity contribution in [2.75, 3.05) is 17.8 Å². The number of anilines is 1. The van der Waals surface area contributed by atoms with E-state index in [9.17, 15) is 8.42 Å². The highest BCUT2D eigenvalue weighted by Gasteiger charge is 2.19. The predicted octanol–water partition coefficient (Wildman–Crippen LogP) is 3.25. The lowest BCUT2D eigenvalue weighted by Crippen LogP contribution is -2.10. The lowest BCUT2D eigenvalue weighted by Gasteiger charge is -2.12. The molecule has 0 fully saturated rings. The monoisotopic (exact) mass is 337 g/mol. The summed E-state index contributed by atoms with van der Waals surface area (Å²) in [6, 6.07) is 11.5. The average Bonchev–Trinajstić information content (AvgIpc) is 2.87. The van der Waals surface area contributed by atoms with E-state index in [0.717, 1.165) is 16.0 Å². The zero-order valence-electron chi connectivity index (χ0n) is 12.1. The number of sulfonamides is 1. The maximum Gasteiger partial charge on any atom is 0.231 e. The van der Waals surface area contributed by atoms with Crippen LogP contribution in [0.4, 0.5) is 5.69 Å². The van der Waals surface area contributed by atoms with Gasteiger partial charge in [0, 0.05) is 21.9 Å². The molecule has 0 bridgehead atoms. The highest BCUT2D eigenvalue weighted by atomic mass is 32.2. The Morgan fingerprint density at radius 2 is 1.73 bits per heavy atom. The van der Waals surface area contributed by atoms with Gasteiger partial charge in [-0.1, -0.05) is 29.5 Å². The van der Waals surface area contributed by atoms with Crippen molar-refractivity contribution in [2.45, 2.75) is 16.7 Å². The highest BCUT2D eigenvalue weighted by molar-refractivity contribution is 7.99. The summed E-state index contributed by atoms with van der Waals surface area (Å²) in [6.45, 7) is 2.16. The molecular weight excluding hydrogens is 322 g/mol. The Morgan fingerprint density at radius 1 is 1.09 bits per heavy atom. The van der Waals surface area contributed by atoms with E-state index in [2.05, 4.69) is 4.72 Å². The van der Waals surface area contributed by atoms with Gasteiger partial charge in [0.15, 0.2) is 11.5 Å². The van der Waals surface area contributed by atoms with Crippen molar-refractivity contribution in [1.29, 1.82) is 0 Å². The van der Waals surface area contributed by atoms with Crippen LogP contribution in [0.3, 0.4) is 0 Å². The molecule has 1 N–H and O–H groups in total. The maximum absolute atomic E-state index is 11.6. The van der Waals surface area contributed by atoms with Crippen LogP contribution in [0.25, 0.3) is 0 Å². The summed E-state index contributed by atoms with van der Waals surface area (Å²) >= 11 is 1.47. The molecule has 5 nitrogen and oxygen atoms in total. The molecule has 2 aromatic carbocycles. The largest absolute Gasteiger partial charge is 0.454 e. The van der Waals surface area contributed by atoms with Gasteiger partial charge in [-0.3, -0.25) is 4.72 Å². The Hall–Kier alpha value is -1.86. The Balaban J connectivity index is 1.99. The van der Waals surface area contributed by atoms with Crippen LogP contribution in [-0.2, 0) is 10.0 Å². The van der Waals surface area contributed by atoms with Crippen LogP contribution in [0, 0.1) is 6.92 Å². The molecule has 0 radical (unpaired) electrons. The SMILES string of the molecule is Cc1ccc(Sc2cc3c(cc2NS(C)(=O)=O)OCO3)cc1. The molecule has 116 valence electrons. The summed E-state index contributed by atoms with van der Waals surface area (Å²) in [5.41, 5.74) is 1.65. The summed E-state index contributed by atoms with van der Waals surface area (Å²) in [5.74, 6) is 1.16. The molecule has 0 aromatic heterocycles. The third kappa shape index (κ3) is 3.48. The van der Waals surface area contributed by atoms with E-state index in [1.807, 2.05) is 31.2 Å². The quantitative estimate of drug-likeness (QED) is 0.928. The molecule has 1 heterocycles. The number of benzene rings is 2. The summed E-state index contributed by atoms with van der Waals surface area (Å²) in [4.78, 5) is 1.78. The topological polar surface area (TPSA) is 64.6 Å². The number of hydrogen-bond acceptors (Lipinski definition) is 5. The molecule has 7 heteroatoms. The van der Waals surface area contributed by atoms with Crippen LogP contribution in [0.5, 0.6) is 11.5 Å². The molecule has 0 aliphatic carbocycles. The minimum Gasteiger partial charge on any atom is -0.454 e. The predicted molar refractivity (Wildman–Crippen MR) is 86.3 cm³/mol. The van der Waals surface area contributed by atoms with Crippen molar-refractivity contribution >= 4 is 27.5 Å². The van der Waals surface area contributed by atoms with Gasteiger partial charge in [-0.2, -0.15) is 0 Å². The number of rotatable bonds is 4. The second-order valence-corrected chi connectivity index (χ2v) is 7.85. The summed E-state index contributed by atoms with van der Waals surface area (Å²) in [6.07, 6.45) is 1.12. The zero-order chi connectivity index (χ0) is 15.7. The molecular formula is C15H15NO4S2. The van der Waals surface area contributed by atoms with Crippen molar-refractivity contribution in [3.8, 4) is 11.5 Å². The van der Waals surface area contributed by atoms with Gasteiger partial charge < -0.3 is 9.47 Å². The molecule has 2 aromatic rings. The first-order chi connectivity index (χ1) is 10.4. The summed E-state index contributed by atoms with van der Waals surface area (Å²) in [7, 11) is -3.38. The fraction of sp³-hybridized carbons (Fsp3) is 0.200. The van der Waals surface area contributed by atoms with E-state index in [4.69, 9.17) is 9.47 Å². The molecule has 1 aliphatic heterocycles. The standard InChI is InChI=1S/C15H15NO4S2/c1-10-3-5-11(6-4-10)21-15-8-14-13(19-9-20-14)7-12(15)16-22(2,17)18/h3-8,16H,9H2,1-2H3. The van der Waals surface area contributed by atoms with Gasteiger partial charge in [-0.25, -0.2) is 8.42 Å². The average molecular weight is 337 g/mol. The van der Waals surface area contributed by atoms with Gasteiger partial charge in [0.1, 0.15) is 0 Å². The van der Waals surface area contributed by atoms with E-state index in [-0.39, 0.29) is 6.79 Å². The molecule has 0 spiro atoms. The first kappa shape index (κ1) is 15.1. The minimum absolute atomic E-state index is 0.145. The van der Waals surface area contributed by atoms with E-state index in [1.165, 1.54) is 17.3 Å². The van der Waals surface area contributed by atoms with Crippen molar-refractivity contribution in [3.63, 3.8) is 0 Å². The third-order valence-corrected chi connectivity index (χ3v) is 4.68. The van der Waals surface area contributed by atoms with Gasteiger partial charge >= 0.3 is 0 Å². The smallest absolute Gasteiger partial charge is 0.231 e. The lowest BCUT2D eigenvalue weighted by atomic mass is 10.2. The second-order valence-electron chi connectivity index (χ2n) is 4.99. The molecule has 0 atom stereocenters. The summed E-state index contributed by atoms with van der Waals surface area (Å²) in [5, 5.41) is 0. The van der Waals surface area contributed by atoms with E-state index >= 15 is 0 Å². The van der Waals surface area contributed by atoms with Crippen LogP contribution in [-0.4, -0.2) is 21.5 Å². The number of hydrogen-bond donors (Lipinski definition) is 1. The van der Waals surface area contributed by atoms with Crippen molar-refractivity contribution in [2.24, 2.45) is 0 Å². The summed E-state index contributed by atoms with van der Waals surface area (Å²) < 4.78 is 36.3. The molecule has 0 saturated heterocycles. The van der Waals surface area contributed by atoms with Gasteiger partial charge in [0.05, 0.1) is 11.9 Å². The molecule has 0 saturated carbocycles. The van der Waals surface area contributed by atoms with Crippen LogP contribution < -0.4 is 14.2 Å². The number of aryl methyl sites for hydroxylation is 1. The van der Waals surface area contributed by atoms with Gasteiger partial charge in [0.2, 0.25) is 16.8 Å². The molecule has 0 amide bonds. The van der Waals surface area contributed by atoms with Crippen LogP contribution in [0.2, 0.25) is 0 Å². The van der Waals surface area contributed by atoms with Gasteiger partial charge in [-0.05, 0) is 19.1 Å². The van der Waals surface area contributed by atoms with Crippen LogP contribution in [0.15, 0.2) is 46.2 Å². The number of ether oxygens (including phenoxy) is 2. The Labute approximate surface area is 133 Å². The number of nitrogens with one attached hydrogen (secondary N) is 1. The fourth-order valence-electron chi connectivity index (χ4n) is 2.02. The van der Waals surface area contributed by atoms with Crippen molar-refractivity contribution < 1.29 is 17.9 Å². The van der Waals surface area contributed by atoms with E-state index in [1.54, 1.807) is 12.1 Å². The molecule has 22 heavy (non-hydrogen) atoms.